The lowest BCUT2D eigenvalue weighted by molar-refractivity contribution is -0.0311. The second-order valence-electron chi connectivity index (χ2n) is 6.08. The molecule has 0 bridgehead atoms. The maximum absolute atomic E-state index is 10.2. The molecule has 2 heteroatoms. The van der Waals surface area contributed by atoms with Gasteiger partial charge in [-0.15, -0.1) is 0 Å². The molecule has 1 aliphatic carbocycles. The van der Waals surface area contributed by atoms with Crippen molar-refractivity contribution >= 4 is 0 Å². The number of hydrogen-bond acceptors (Lipinski definition) is 2. The summed E-state index contributed by atoms with van der Waals surface area (Å²) in [4.78, 5) is 0. The molecule has 110 valence electrons. The van der Waals surface area contributed by atoms with E-state index in [2.05, 4.69) is 66.0 Å². The van der Waals surface area contributed by atoms with Gasteiger partial charge in [0.1, 0.15) is 0 Å². The van der Waals surface area contributed by atoms with Gasteiger partial charge < -0.3 is 10.4 Å². The second-order valence-corrected chi connectivity index (χ2v) is 6.08. The molecule has 0 unspecified atom stereocenters. The van der Waals surface area contributed by atoms with Crippen LogP contribution in [0.5, 0.6) is 0 Å². The molecule has 2 nitrogen and oxygen atoms in total. The molecular weight excluding hydrogens is 258 g/mol. The molecular formula is C19H23NO. The van der Waals surface area contributed by atoms with Gasteiger partial charge in [-0.3, -0.25) is 0 Å². The van der Waals surface area contributed by atoms with Crippen molar-refractivity contribution in [3.63, 3.8) is 0 Å². The van der Waals surface area contributed by atoms with Gasteiger partial charge in [-0.2, -0.15) is 0 Å². The molecule has 1 saturated carbocycles. The van der Waals surface area contributed by atoms with Gasteiger partial charge in [0, 0.05) is 19.0 Å². The fourth-order valence-electron chi connectivity index (χ4n) is 3.01. The van der Waals surface area contributed by atoms with Gasteiger partial charge in [0.25, 0.3) is 0 Å². The fourth-order valence-corrected chi connectivity index (χ4v) is 3.01. The highest BCUT2D eigenvalue weighted by Gasteiger charge is 2.33. The Kier molecular flexibility index (Phi) is 4.37. The number of benzene rings is 2. The molecule has 1 aliphatic rings. The number of aliphatic hydroxyl groups is 1. The Morgan fingerprint density at radius 3 is 1.86 bits per heavy atom. The Balaban J connectivity index is 1.70. The predicted octanol–water partition coefficient (Wildman–Crippen LogP) is 3.32. The molecule has 0 amide bonds. The number of nitrogens with one attached hydrogen (secondary N) is 1. The second kappa shape index (κ2) is 6.42. The highest BCUT2D eigenvalue weighted by Crippen LogP contribution is 2.31. The van der Waals surface area contributed by atoms with E-state index in [1.807, 2.05) is 0 Å². The third-order valence-corrected chi connectivity index (χ3v) is 4.49. The summed E-state index contributed by atoms with van der Waals surface area (Å²) in [6.07, 6.45) is 3.02. The molecule has 0 atom stereocenters. The van der Waals surface area contributed by atoms with Crippen LogP contribution in [0.1, 0.15) is 36.3 Å². The van der Waals surface area contributed by atoms with E-state index in [4.69, 9.17) is 0 Å². The van der Waals surface area contributed by atoms with Crippen LogP contribution < -0.4 is 5.32 Å². The van der Waals surface area contributed by atoms with Crippen molar-refractivity contribution < 1.29 is 5.11 Å². The monoisotopic (exact) mass is 281 g/mol. The Labute approximate surface area is 126 Å². The van der Waals surface area contributed by atoms with Crippen molar-refractivity contribution in [3.8, 4) is 0 Å². The standard InChI is InChI=1S/C19H23NO/c21-19(12-7-13-19)15-20-14-18(16-8-3-1-4-9-16)17-10-5-2-6-11-17/h1-6,8-11,18,20-21H,7,12-15H2. The van der Waals surface area contributed by atoms with E-state index in [-0.39, 0.29) is 0 Å². The smallest absolute Gasteiger partial charge is 0.0771 e. The van der Waals surface area contributed by atoms with Crippen LogP contribution in [0.4, 0.5) is 0 Å². The van der Waals surface area contributed by atoms with Crippen LogP contribution in [0.3, 0.4) is 0 Å². The maximum Gasteiger partial charge on any atom is 0.0771 e. The molecule has 0 radical (unpaired) electrons. The van der Waals surface area contributed by atoms with Crippen molar-refractivity contribution in [3.05, 3.63) is 71.8 Å². The van der Waals surface area contributed by atoms with E-state index in [1.165, 1.54) is 11.1 Å². The summed E-state index contributed by atoms with van der Waals surface area (Å²) in [5.74, 6) is 0.330. The first kappa shape index (κ1) is 14.3. The molecule has 2 N–H and O–H groups in total. The molecule has 3 rings (SSSR count). The topological polar surface area (TPSA) is 32.3 Å². The summed E-state index contributed by atoms with van der Waals surface area (Å²) in [7, 11) is 0. The largest absolute Gasteiger partial charge is 0.389 e. The first-order valence-electron chi connectivity index (χ1n) is 7.80. The normalized spacial score (nSPS) is 16.7. The lowest BCUT2D eigenvalue weighted by atomic mass is 9.80. The van der Waals surface area contributed by atoms with Crippen LogP contribution in [-0.2, 0) is 0 Å². The molecule has 0 aliphatic heterocycles. The number of hydrogen-bond donors (Lipinski definition) is 2. The quantitative estimate of drug-likeness (QED) is 0.851. The zero-order valence-electron chi connectivity index (χ0n) is 12.3. The Morgan fingerprint density at radius 1 is 0.905 bits per heavy atom. The third-order valence-electron chi connectivity index (χ3n) is 4.49. The highest BCUT2D eigenvalue weighted by atomic mass is 16.3. The van der Waals surface area contributed by atoms with E-state index in [1.54, 1.807) is 0 Å². The summed E-state index contributed by atoms with van der Waals surface area (Å²) >= 11 is 0. The SMILES string of the molecule is OC1(CNCC(c2ccccc2)c2ccccc2)CCC1. The van der Waals surface area contributed by atoms with E-state index in [9.17, 15) is 5.11 Å². The van der Waals surface area contributed by atoms with Crippen molar-refractivity contribution in [2.45, 2.75) is 30.8 Å². The van der Waals surface area contributed by atoms with Gasteiger partial charge >= 0.3 is 0 Å². The first-order chi connectivity index (χ1) is 10.3. The third kappa shape index (κ3) is 3.52. The average molecular weight is 281 g/mol. The van der Waals surface area contributed by atoms with E-state index >= 15 is 0 Å². The minimum atomic E-state index is -0.460. The average Bonchev–Trinajstić information content (AvgIpc) is 2.51. The van der Waals surface area contributed by atoms with Crippen LogP contribution in [-0.4, -0.2) is 23.8 Å². The zero-order valence-corrected chi connectivity index (χ0v) is 12.3. The Morgan fingerprint density at radius 2 is 1.43 bits per heavy atom. The van der Waals surface area contributed by atoms with Crippen LogP contribution >= 0.6 is 0 Å². The number of rotatable bonds is 6. The van der Waals surface area contributed by atoms with Crippen LogP contribution in [0.15, 0.2) is 60.7 Å². The summed E-state index contributed by atoms with van der Waals surface area (Å²) < 4.78 is 0. The predicted molar refractivity (Wildman–Crippen MR) is 86.4 cm³/mol. The van der Waals surface area contributed by atoms with Crippen LogP contribution in [0, 0.1) is 0 Å². The summed E-state index contributed by atoms with van der Waals surface area (Å²) in [5, 5.41) is 13.7. The molecule has 0 spiro atoms. The fraction of sp³-hybridized carbons (Fsp3) is 0.368. The van der Waals surface area contributed by atoms with Gasteiger partial charge in [0.15, 0.2) is 0 Å². The molecule has 2 aromatic carbocycles. The zero-order chi connectivity index (χ0) is 14.5. The van der Waals surface area contributed by atoms with E-state index in [0.717, 1.165) is 25.8 Å². The highest BCUT2D eigenvalue weighted by molar-refractivity contribution is 5.32. The van der Waals surface area contributed by atoms with Crippen molar-refractivity contribution in [2.75, 3.05) is 13.1 Å². The first-order valence-corrected chi connectivity index (χ1v) is 7.80. The van der Waals surface area contributed by atoms with Gasteiger partial charge in [-0.05, 0) is 30.4 Å². The van der Waals surface area contributed by atoms with E-state index < -0.39 is 5.60 Å². The maximum atomic E-state index is 10.2. The van der Waals surface area contributed by atoms with Gasteiger partial charge in [0.2, 0.25) is 0 Å². The Bertz CT molecular complexity index is 509. The molecule has 1 fully saturated rings. The minimum absolute atomic E-state index is 0.330. The lowest BCUT2D eigenvalue weighted by Crippen LogP contribution is -2.47. The Hall–Kier alpha value is -1.64. The van der Waals surface area contributed by atoms with Gasteiger partial charge in [0.05, 0.1) is 5.60 Å². The lowest BCUT2D eigenvalue weighted by Gasteiger charge is -2.37. The van der Waals surface area contributed by atoms with Crippen molar-refractivity contribution in [2.24, 2.45) is 0 Å². The van der Waals surface area contributed by atoms with Gasteiger partial charge in [-0.25, -0.2) is 0 Å². The van der Waals surface area contributed by atoms with E-state index in [0.29, 0.717) is 12.5 Å². The van der Waals surface area contributed by atoms with Crippen LogP contribution in [0.2, 0.25) is 0 Å². The summed E-state index contributed by atoms with van der Waals surface area (Å²) in [6.45, 7) is 1.56. The molecule has 21 heavy (non-hydrogen) atoms. The molecule has 0 aromatic heterocycles. The molecule has 2 aromatic rings. The van der Waals surface area contributed by atoms with Gasteiger partial charge in [-0.1, -0.05) is 60.7 Å². The molecule has 0 heterocycles. The van der Waals surface area contributed by atoms with Crippen molar-refractivity contribution in [1.29, 1.82) is 0 Å². The van der Waals surface area contributed by atoms with Crippen molar-refractivity contribution in [1.82, 2.24) is 5.32 Å². The molecule has 0 saturated heterocycles. The minimum Gasteiger partial charge on any atom is -0.389 e. The summed E-state index contributed by atoms with van der Waals surface area (Å²) in [6, 6.07) is 21.2. The van der Waals surface area contributed by atoms with Crippen LogP contribution in [0.25, 0.3) is 0 Å². The summed E-state index contributed by atoms with van der Waals surface area (Å²) in [5.41, 5.74) is 2.17.